The molecule has 1 rings (SSSR count). The lowest BCUT2D eigenvalue weighted by molar-refractivity contribution is 0.251. The molecule has 1 nitrogen and oxygen atoms in total. The van der Waals surface area contributed by atoms with Crippen LogP contribution in [0.25, 0.3) is 0 Å². The third-order valence-corrected chi connectivity index (χ3v) is 3.94. The van der Waals surface area contributed by atoms with E-state index >= 15 is 0 Å². The quantitative estimate of drug-likeness (QED) is 0.750. The molecular weight excluding hydrogens is 249 g/mol. The first-order chi connectivity index (χ1) is 9.34. The lowest BCUT2D eigenvalue weighted by Crippen LogP contribution is -2.40. The van der Waals surface area contributed by atoms with E-state index in [0.29, 0.717) is 6.04 Å². The van der Waals surface area contributed by atoms with Gasteiger partial charge in [-0.1, -0.05) is 33.8 Å². The molecule has 1 unspecified atom stereocenters. The maximum Gasteiger partial charge on any atom is 0.123 e. The van der Waals surface area contributed by atoms with E-state index in [4.69, 9.17) is 0 Å². The van der Waals surface area contributed by atoms with Crippen LogP contribution in [-0.4, -0.2) is 12.6 Å². The standard InChI is InChI=1S/C18H30FN/c1-6-12-20-17(18(3,4)5)9-7-8-15-13-16(19)11-10-14(15)2/h10-11,13,17,20H,6-9,12H2,1-5H3. The number of rotatable bonds is 7. The molecule has 114 valence electrons. The van der Waals surface area contributed by atoms with Crippen LogP contribution in [0.1, 0.15) is 58.1 Å². The monoisotopic (exact) mass is 279 g/mol. The van der Waals surface area contributed by atoms with Crippen LogP contribution in [0.5, 0.6) is 0 Å². The van der Waals surface area contributed by atoms with E-state index in [1.807, 2.05) is 6.07 Å². The van der Waals surface area contributed by atoms with Crippen LogP contribution >= 0.6 is 0 Å². The lowest BCUT2D eigenvalue weighted by atomic mass is 9.83. The van der Waals surface area contributed by atoms with Crippen LogP contribution in [0.4, 0.5) is 4.39 Å². The van der Waals surface area contributed by atoms with Crippen molar-refractivity contribution in [1.29, 1.82) is 0 Å². The Bertz CT molecular complexity index is 406. The molecule has 0 spiro atoms. The minimum Gasteiger partial charge on any atom is -0.313 e. The van der Waals surface area contributed by atoms with E-state index in [1.165, 1.54) is 5.56 Å². The van der Waals surface area contributed by atoms with Crippen LogP contribution in [0.2, 0.25) is 0 Å². The summed E-state index contributed by atoms with van der Waals surface area (Å²) in [5.74, 6) is -0.123. The second kappa shape index (κ2) is 7.78. The summed E-state index contributed by atoms with van der Waals surface area (Å²) in [5, 5.41) is 3.65. The summed E-state index contributed by atoms with van der Waals surface area (Å²) >= 11 is 0. The van der Waals surface area contributed by atoms with Gasteiger partial charge in [-0.05, 0) is 67.8 Å². The smallest absolute Gasteiger partial charge is 0.123 e. The van der Waals surface area contributed by atoms with Gasteiger partial charge in [-0.25, -0.2) is 4.39 Å². The zero-order chi connectivity index (χ0) is 15.2. The summed E-state index contributed by atoms with van der Waals surface area (Å²) in [5.41, 5.74) is 2.61. The Morgan fingerprint density at radius 2 is 1.95 bits per heavy atom. The molecule has 0 saturated heterocycles. The molecule has 1 N–H and O–H groups in total. The van der Waals surface area contributed by atoms with Crippen molar-refractivity contribution in [2.24, 2.45) is 5.41 Å². The largest absolute Gasteiger partial charge is 0.313 e. The van der Waals surface area contributed by atoms with Crippen molar-refractivity contribution in [3.63, 3.8) is 0 Å². The third kappa shape index (κ3) is 5.62. The van der Waals surface area contributed by atoms with E-state index in [1.54, 1.807) is 12.1 Å². The summed E-state index contributed by atoms with van der Waals surface area (Å²) in [6.07, 6.45) is 4.36. The highest BCUT2D eigenvalue weighted by Crippen LogP contribution is 2.24. The first-order valence-corrected chi connectivity index (χ1v) is 7.83. The summed E-state index contributed by atoms with van der Waals surface area (Å²) in [6.45, 7) is 12.2. The normalized spacial score (nSPS) is 13.5. The van der Waals surface area contributed by atoms with Crippen molar-refractivity contribution < 1.29 is 4.39 Å². The van der Waals surface area contributed by atoms with E-state index in [2.05, 4.69) is 39.9 Å². The fraction of sp³-hybridized carbons (Fsp3) is 0.667. The molecule has 1 aromatic rings. The van der Waals surface area contributed by atoms with Crippen LogP contribution in [0.15, 0.2) is 18.2 Å². The number of benzene rings is 1. The lowest BCUT2D eigenvalue weighted by Gasteiger charge is -2.32. The highest BCUT2D eigenvalue weighted by atomic mass is 19.1. The van der Waals surface area contributed by atoms with E-state index in [0.717, 1.165) is 37.8 Å². The molecule has 0 aliphatic carbocycles. The van der Waals surface area contributed by atoms with Crippen molar-refractivity contribution in [3.8, 4) is 0 Å². The second-order valence-corrected chi connectivity index (χ2v) is 6.84. The van der Waals surface area contributed by atoms with Gasteiger partial charge in [0.2, 0.25) is 0 Å². The number of aryl methyl sites for hydroxylation is 2. The first kappa shape index (κ1) is 17.2. The van der Waals surface area contributed by atoms with Crippen molar-refractivity contribution >= 4 is 0 Å². The zero-order valence-corrected chi connectivity index (χ0v) is 13.7. The molecule has 1 aromatic carbocycles. The molecular formula is C18H30FN. The highest BCUT2D eigenvalue weighted by Gasteiger charge is 2.23. The van der Waals surface area contributed by atoms with Crippen molar-refractivity contribution in [1.82, 2.24) is 5.32 Å². The number of halogens is 1. The van der Waals surface area contributed by atoms with Crippen LogP contribution in [0, 0.1) is 18.2 Å². The maximum absolute atomic E-state index is 13.3. The molecule has 0 heterocycles. The Hall–Kier alpha value is -0.890. The second-order valence-electron chi connectivity index (χ2n) is 6.84. The molecule has 0 aliphatic rings. The topological polar surface area (TPSA) is 12.0 Å². The fourth-order valence-electron chi connectivity index (χ4n) is 2.57. The molecule has 0 saturated carbocycles. The fourth-order valence-corrected chi connectivity index (χ4v) is 2.57. The molecule has 0 fully saturated rings. The number of hydrogen-bond donors (Lipinski definition) is 1. The maximum atomic E-state index is 13.3. The van der Waals surface area contributed by atoms with Crippen LogP contribution in [0.3, 0.4) is 0 Å². The van der Waals surface area contributed by atoms with Gasteiger partial charge in [0.15, 0.2) is 0 Å². The molecule has 20 heavy (non-hydrogen) atoms. The summed E-state index contributed by atoms with van der Waals surface area (Å²) in [6, 6.07) is 5.62. The highest BCUT2D eigenvalue weighted by molar-refractivity contribution is 5.26. The van der Waals surface area contributed by atoms with Crippen molar-refractivity contribution in [2.45, 2.75) is 66.3 Å². The third-order valence-electron chi connectivity index (χ3n) is 3.94. The average Bonchev–Trinajstić information content (AvgIpc) is 2.36. The van der Waals surface area contributed by atoms with E-state index in [-0.39, 0.29) is 11.2 Å². The van der Waals surface area contributed by atoms with Crippen molar-refractivity contribution in [2.75, 3.05) is 6.54 Å². The SMILES string of the molecule is CCCNC(CCCc1cc(F)ccc1C)C(C)(C)C. The predicted molar refractivity (Wildman–Crippen MR) is 85.6 cm³/mol. The zero-order valence-electron chi connectivity index (χ0n) is 13.7. The van der Waals surface area contributed by atoms with Crippen LogP contribution in [-0.2, 0) is 6.42 Å². The Labute approximate surface area is 124 Å². The predicted octanol–water partition coefficient (Wildman–Crippen LogP) is 4.87. The van der Waals surface area contributed by atoms with Gasteiger partial charge in [-0.2, -0.15) is 0 Å². The van der Waals surface area contributed by atoms with Gasteiger partial charge in [0.25, 0.3) is 0 Å². The summed E-state index contributed by atoms with van der Waals surface area (Å²) < 4.78 is 13.3. The van der Waals surface area contributed by atoms with Gasteiger partial charge < -0.3 is 5.32 Å². The molecule has 0 bridgehead atoms. The van der Waals surface area contributed by atoms with Gasteiger partial charge in [0.05, 0.1) is 0 Å². The Morgan fingerprint density at radius 3 is 2.55 bits per heavy atom. The Kier molecular flexibility index (Phi) is 6.67. The molecule has 0 amide bonds. The van der Waals surface area contributed by atoms with Crippen LogP contribution < -0.4 is 5.32 Å². The van der Waals surface area contributed by atoms with E-state index in [9.17, 15) is 4.39 Å². The summed E-state index contributed by atoms with van der Waals surface area (Å²) in [4.78, 5) is 0. The molecule has 2 heteroatoms. The summed E-state index contributed by atoms with van der Waals surface area (Å²) in [7, 11) is 0. The number of hydrogen-bond acceptors (Lipinski definition) is 1. The first-order valence-electron chi connectivity index (χ1n) is 7.83. The van der Waals surface area contributed by atoms with Gasteiger partial charge >= 0.3 is 0 Å². The molecule has 1 atom stereocenters. The minimum atomic E-state index is -0.123. The Balaban J connectivity index is 2.53. The molecule has 0 aromatic heterocycles. The molecule has 0 aliphatic heterocycles. The minimum absolute atomic E-state index is 0.123. The van der Waals surface area contributed by atoms with Gasteiger partial charge in [-0.3, -0.25) is 0 Å². The van der Waals surface area contributed by atoms with Gasteiger partial charge in [0, 0.05) is 6.04 Å². The molecule has 0 radical (unpaired) electrons. The van der Waals surface area contributed by atoms with E-state index < -0.39 is 0 Å². The Morgan fingerprint density at radius 1 is 1.25 bits per heavy atom. The number of nitrogens with one attached hydrogen (secondary N) is 1. The van der Waals surface area contributed by atoms with Gasteiger partial charge in [0.1, 0.15) is 5.82 Å². The van der Waals surface area contributed by atoms with Gasteiger partial charge in [-0.15, -0.1) is 0 Å². The average molecular weight is 279 g/mol. The van der Waals surface area contributed by atoms with Crippen molar-refractivity contribution in [3.05, 3.63) is 35.1 Å².